The highest BCUT2D eigenvalue weighted by Gasteiger charge is 2.32. The van der Waals surface area contributed by atoms with Gasteiger partial charge in [-0.2, -0.15) is 4.31 Å². The largest absolute Gasteiger partial charge is 0.484 e. The number of H-pyrrole nitrogens is 1. The van der Waals surface area contributed by atoms with Gasteiger partial charge in [0, 0.05) is 49.0 Å². The van der Waals surface area contributed by atoms with Crippen molar-refractivity contribution < 1.29 is 17.9 Å². The first-order valence-corrected chi connectivity index (χ1v) is 11.3. The molecular formula is C20H21ClN4O4S. The van der Waals surface area contributed by atoms with E-state index in [1.54, 1.807) is 41.4 Å². The fourth-order valence-corrected chi connectivity index (χ4v) is 5.09. The van der Waals surface area contributed by atoms with Gasteiger partial charge in [0.15, 0.2) is 6.61 Å². The average molecular weight is 449 g/mol. The number of aromatic amines is 1. The topological polar surface area (TPSA) is 95.6 Å². The van der Waals surface area contributed by atoms with Crippen molar-refractivity contribution in [1.29, 1.82) is 0 Å². The van der Waals surface area contributed by atoms with Gasteiger partial charge >= 0.3 is 0 Å². The fraction of sp³-hybridized carbons (Fsp3) is 0.300. The lowest BCUT2D eigenvalue weighted by molar-refractivity contribution is -0.134. The van der Waals surface area contributed by atoms with Gasteiger partial charge in [0.05, 0.1) is 0 Å². The molecule has 1 aliphatic rings. The number of benzene rings is 1. The number of carbonyl (C=O) groups excluding carboxylic acids is 1. The molecule has 1 saturated heterocycles. The number of piperazine rings is 1. The molecule has 8 nitrogen and oxygen atoms in total. The van der Waals surface area contributed by atoms with Crippen LogP contribution in [0.1, 0.15) is 5.56 Å². The maximum Gasteiger partial charge on any atom is 0.260 e. The molecule has 3 heterocycles. The van der Waals surface area contributed by atoms with E-state index >= 15 is 0 Å². The van der Waals surface area contributed by atoms with Crippen molar-refractivity contribution in [3.05, 3.63) is 53.3 Å². The van der Waals surface area contributed by atoms with Crippen LogP contribution in [0.25, 0.3) is 11.0 Å². The van der Waals surface area contributed by atoms with Gasteiger partial charge in [0.25, 0.3) is 5.91 Å². The summed E-state index contributed by atoms with van der Waals surface area (Å²) in [6, 6.07) is 8.63. The number of nitrogens with zero attached hydrogens (tertiary/aromatic N) is 3. The van der Waals surface area contributed by atoms with Crippen molar-refractivity contribution >= 4 is 38.6 Å². The summed E-state index contributed by atoms with van der Waals surface area (Å²) in [4.78, 5) is 21.3. The molecule has 0 aliphatic carbocycles. The van der Waals surface area contributed by atoms with Crippen molar-refractivity contribution in [2.75, 3.05) is 32.8 Å². The molecule has 1 aromatic carbocycles. The second-order valence-electron chi connectivity index (χ2n) is 7.04. The normalized spacial score (nSPS) is 15.5. The molecule has 1 amide bonds. The molecule has 0 radical (unpaired) electrons. The Balaban J connectivity index is 1.37. The van der Waals surface area contributed by atoms with Crippen LogP contribution in [0.4, 0.5) is 0 Å². The summed E-state index contributed by atoms with van der Waals surface area (Å²) in [5.41, 5.74) is 1.40. The predicted molar refractivity (Wildman–Crippen MR) is 113 cm³/mol. The van der Waals surface area contributed by atoms with E-state index in [9.17, 15) is 13.2 Å². The third-order valence-corrected chi connectivity index (χ3v) is 7.48. The number of amides is 1. The molecule has 0 spiro atoms. The van der Waals surface area contributed by atoms with Gasteiger partial charge in [-0.3, -0.25) is 4.79 Å². The van der Waals surface area contributed by atoms with Gasteiger partial charge in [-0.1, -0.05) is 11.6 Å². The predicted octanol–water partition coefficient (Wildman–Crippen LogP) is 2.44. The summed E-state index contributed by atoms with van der Waals surface area (Å²) in [5.74, 6) is 0.385. The Hall–Kier alpha value is -2.62. The molecule has 3 aromatic rings. The molecular weight excluding hydrogens is 428 g/mol. The quantitative estimate of drug-likeness (QED) is 0.646. The minimum absolute atomic E-state index is 0.109. The molecule has 4 rings (SSSR count). The van der Waals surface area contributed by atoms with Crippen LogP contribution in [0.5, 0.6) is 5.75 Å². The van der Waals surface area contributed by atoms with Crippen LogP contribution in [0, 0.1) is 6.92 Å². The van der Waals surface area contributed by atoms with E-state index in [0.29, 0.717) is 34.9 Å². The molecule has 0 bridgehead atoms. The van der Waals surface area contributed by atoms with Crippen molar-refractivity contribution in [3.63, 3.8) is 0 Å². The minimum atomic E-state index is -3.68. The zero-order valence-electron chi connectivity index (χ0n) is 16.3. The van der Waals surface area contributed by atoms with Crippen LogP contribution in [-0.2, 0) is 14.8 Å². The molecule has 158 valence electrons. The number of aryl methyl sites for hydroxylation is 1. The number of rotatable bonds is 5. The van der Waals surface area contributed by atoms with E-state index in [1.165, 1.54) is 10.5 Å². The van der Waals surface area contributed by atoms with Gasteiger partial charge in [0.2, 0.25) is 10.0 Å². The summed E-state index contributed by atoms with van der Waals surface area (Å²) in [7, 11) is -3.68. The number of fused-ring (bicyclic) bond motifs is 1. The summed E-state index contributed by atoms with van der Waals surface area (Å²) in [6.45, 7) is 2.81. The number of pyridine rings is 1. The lowest BCUT2D eigenvalue weighted by atomic mass is 10.2. The molecule has 0 saturated carbocycles. The summed E-state index contributed by atoms with van der Waals surface area (Å²) in [6.07, 6.45) is 3.07. The highest BCUT2D eigenvalue weighted by molar-refractivity contribution is 7.89. The van der Waals surface area contributed by atoms with E-state index in [2.05, 4.69) is 9.97 Å². The Kier molecular flexibility index (Phi) is 5.68. The summed E-state index contributed by atoms with van der Waals surface area (Å²) >= 11 is 5.99. The number of ether oxygens (including phenoxy) is 1. The lowest BCUT2D eigenvalue weighted by Gasteiger charge is -2.33. The van der Waals surface area contributed by atoms with E-state index < -0.39 is 10.0 Å². The Labute approximate surface area is 179 Å². The molecule has 1 aliphatic heterocycles. The molecule has 30 heavy (non-hydrogen) atoms. The Morgan fingerprint density at radius 2 is 2.00 bits per heavy atom. The van der Waals surface area contributed by atoms with Crippen LogP contribution in [0.15, 0.2) is 47.6 Å². The van der Waals surface area contributed by atoms with E-state index in [0.717, 1.165) is 5.56 Å². The highest BCUT2D eigenvalue weighted by Crippen LogP contribution is 2.25. The molecule has 1 N–H and O–H groups in total. The van der Waals surface area contributed by atoms with E-state index in [1.807, 2.05) is 6.92 Å². The van der Waals surface area contributed by atoms with Crippen molar-refractivity contribution in [2.24, 2.45) is 0 Å². The SMILES string of the molecule is Cc1cc(OCC(=O)N2CCN(S(=O)(=O)c3c[nH]c4ncccc34)CC2)ccc1Cl. The standard InChI is InChI=1S/C20H21ClN4O4S/c1-14-11-15(4-5-17(14)21)29-13-19(26)24-7-9-25(10-8-24)30(27,28)18-12-23-20-16(18)3-2-6-22-20/h2-6,11-12H,7-10,13H2,1H3,(H,22,23). The Morgan fingerprint density at radius 1 is 1.23 bits per heavy atom. The molecule has 0 unspecified atom stereocenters. The maximum absolute atomic E-state index is 13.0. The Morgan fingerprint density at radius 3 is 2.73 bits per heavy atom. The zero-order chi connectivity index (χ0) is 21.3. The zero-order valence-corrected chi connectivity index (χ0v) is 17.9. The number of aromatic nitrogens is 2. The maximum atomic E-state index is 13.0. The van der Waals surface area contributed by atoms with E-state index in [-0.39, 0.29) is 30.5 Å². The van der Waals surface area contributed by atoms with Crippen LogP contribution < -0.4 is 4.74 Å². The summed E-state index contributed by atoms with van der Waals surface area (Å²) in [5, 5.41) is 1.19. The second-order valence-corrected chi connectivity index (χ2v) is 9.35. The third kappa shape index (κ3) is 4.00. The summed E-state index contributed by atoms with van der Waals surface area (Å²) < 4.78 is 33.1. The average Bonchev–Trinajstić information content (AvgIpc) is 3.19. The highest BCUT2D eigenvalue weighted by atomic mass is 35.5. The number of carbonyl (C=O) groups is 1. The molecule has 2 aromatic heterocycles. The van der Waals surface area contributed by atoms with Crippen molar-refractivity contribution in [3.8, 4) is 5.75 Å². The van der Waals surface area contributed by atoms with Crippen LogP contribution in [0.2, 0.25) is 5.02 Å². The van der Waals surface area contributed by atoms with Gasteiger partial charge in [0.1, 0.15) is 16.3 Å². The van der Waals surface area contributed by atoms with Crippen LogP contribution >= 0.6 is 11.6 Å². The van der Waals surface area contributed by atoms with Gasteiger partial charge in [-0.25, -0.2) is 13.4 Å². The fourth-order valence-electron chi connectivity index (χ4n) is 3.40. The number of nitrogens with one attached hydrogen (secondary N) is 1. The number of halogens is 1. The van der Waals surface area contributed by atoms with Gasteiger partial charge in [-0.05, 0) is 42.8 Å². The van der Waals surface area contributed by atoms with E-state index in [4.69, 9.17) is 16.3 Å². The van der Waals surface area contributed by atoms with Crippen LogP contribution in [-0.4, -0.2) is 66.3 Å². The van der Waals surface area contributed by atoms with Crippen molar-refractivity contribution in [2.45, 2.75) is 11.8 Å². The second kappa shape index (κ2) is 8.25. The minimum Gasteiger partial charge on any atom is -0.484 e. The lowest BCUT2D eigenvalue weighted by Crippen LogP contribution is -2.51. The number of hydrogen-bond donors (Lipinski definition) is 1. The first-order valence-electron chi connectivity index (χ1n) is 9.45. The van der Waals surface area contributed by atoms with Crippen LogP contribution in [0.3, 0.4) is 0 Å². The number of sulfonamides is 1. The molecule has 1 fully saturated rings. The number of hydrogen-bond acceptors (Lipinski definition) is 5. The molecule has 0 atom stereocenters. The smallest absolute Gasteiger partial charge is 0.260 e. The third-order valence-electron chi connectivity index (χ3n) is 5.11. The van der Waals surface area contributed by atoms with Crippen molar-refractivity contribution in [1.82, 2.24) is 19.2 Å². The van der Waals surface area contributed by atoms with Gasteiger partial charge in [-0.15, -0.1) is 0 Å². The Bertz CT molecular complexity index is 1190. The first kappa shape index (κ1) is 20.6. The first-order chi connectivity index (χ1) is 14.4. The van der Waals surface area contributed by atoms with Gasteiger partial charge < -0.3 is 14.6 Å². The molecule has 10 heteroatoms. The monoisotopic (exact) mass is 448 g/mol.